The van der Waals surface area contributed by atoms with Crippen molar-refractivity contribution in [2.75, 3.05) is 7.05 Å². The van der Waals surface area contributed by atoms with Gasteiger partial charge in [-0.2, -0.15) is 0 Å². The Hall–Kier alpha value is -0.620. The van der Waals surface area contributed by atoms with E-state index in [0.29, 0.717) is 22.7 Å². The fourth-order valence-electron chi connectivity index (χ4n) is 2.99. The molecule has 6 heteroatoms. The zero-order chi connectivity index (χ0) is 12.8. The number of hydrogen-bond acceptors (Lipinski definition) is 5. The second kappa shape index (κ2) is 4.49. The Bertz CT molecular complexity index is 426. The zero-order valence-electron chi connectivity index (χ0n) is 11.3. The molecule has 0 aromatic carbocycles. The molecule has 1 aromatic rings. The standard InChI is InChI=1S/C12H21N5S/c1-12(2)7-6-9(10(12)13-3)18-11-14-15-16-17(11)8-4-5-8/h8-10,13H,4-7H2,1-3H3. The molecule has 2 aliphatic carbocycles. The highest BCUT2D eigenvalue weighted by Crippen LogP contribution is 2.45. The second-order valence-corrected chi connectivity index (χ2v) is 7.29. The van der Waals surface area contributed by atoms with Crippen molar-refractivity contribution in [3.63, 3.8) is 0 Å². The fraction of sp³-hybridized carbons (Fsp3) is 0.917. The van der Waals surface area contributed by atoms with Gasteiger partial charge in [0.2, 0.25) is 5.16 Å². The maximum atomic E-state index is 4.19. The van der Waals surface area contributed by atoms with E-state index in [9.17, 15) is 0 Å². The molecule has 0 radical (unpaired) electrons. The van der Waals surface area contributed by atoms with Gasteiger partial charge in [0.15, 0.2) is 0 Å². The third kappa shape index (κ3) is 2.16. The minimum absolute atomic E-state index is 0.365. The Morgan fingerprint density at radius 1 is 1.33 bits per heavy atom. The predicted molar refractivity (Wildman–Crippen MR) is 71.6 cm³/mol. The van der Waals surface area contributed by atoms with Crippen molar-refractivity contribution in [1.29, 1.82) is 0 Å². The highest BCUT2D eigenvalue weighted by Gasteiger charge is 2.42. The molecule has 5 nitrogen and oxygen atoms in total. The Balaban J connectivity index is 1.74. The number of hydrogen-bond donors (Lipinski definition) is 1. The summed E-state index contributed by atoms with van der Waals surface area (Å²) in [4.78, 5) is 0. The summed E-state index contributed by atoms with van der Waals surface area (Å²) in [6.45, 7) is 4.69. The quantitative estimate of drug-likeness (QED) is 0.902. The molecule has 18 heavy (non-hydrogen) atoms. The van der Waals surface area contributed by atoms with Gasteiger partial charge >= 0.3 is 0 Å². The van der Waals surface area contributed by atoms with E-state index in [1.54, 1.807) is 0 Å². The van der Waals surface area contributed by atoms with Crippen LogP contribution in [0.1, 0.15) is 45.6 Å². The summed E-state index contributed by atoms with van der Waals surface area (Å²) in [5.41, 5.74) is 0.365. The fourth-order valence-corrected chi connectivity index (χ4v) is 4.51. The molecule has 0 spiro atoms. The molecule has 0 aliphatic heterocycles. The molecular weight excluding hydrogens is 246 g/mol. The molecule has 1 aromatic heterocycles. The topological polar surface area (TPSA) is 55.6 Å². The largest absolute Gasteiger partial charge is 0.315 e. The van der Waals surface area contributed by atoms with Crippen LogP contribution in [0.3, 0.4) is 0 Å². The average molecular weight is 267 g/mol. The van der Waals surface area contributed by atoms with Crippen molar-refractivity contribution >= 4 is 11.8 Å². The summed E-state index contributed by atoms with van der Waals surface area (Å²) < 4.78 is 2.02. The van der Waals surface area contributed by atoms with E-state index in [2.05, 4.69) is 41.7 Å². The van der Waals surface area contributed by atoms with Crippen molar-refractivity contribution in [2.45, 2.75) is 62.0 Å². The van der Waals surface area contributed by atoms with Gasteiger partial charge in [0.25, 0.3) is 0 Å². The molecule has 2 atom stereocenters. The average Bonchev–Trinajstić information content (AvgIpc) is 3.00. The summed E-state index contributed by atoms with van der Waals surface area (Å²) in [7, 11) is 2.06. The summed E-state index contributed by atoms with van der Waals surface area (Å²) in [5, 5.41) is 17.2. The van der Waals surface area contributed by atoms with Crippen LogP contribution >= 0.6 is 11.8 Å². The van der Waals surface area contributed by atoms with Crippen LogP contribution in [0.25, 0.3) is 0 Å². The van der Waals surface area contributed by atoms with Crippen molar-refractivity contribution in [1.82, 2.24) is 25.5 Å². The van der Waals surface area contributed by atoms with Gasteiger partial charge in [0.1, 0.15) is 0 Å². The maximum Gasteiger partial charge on any atom is 0.209 e. The molecular formula is C12H21N5S. The first-order chi connectivity index (χ1) is 8.62. The first kappa shape index (κ1) is 12.4. The van der Waals surface area contributed by atoms with E-state index in [1.807, 2.05) is 16.4 Å². The van der Waals surface area contributed by atoms with Crippen LogP contribution in [0.2, 0.25) is 0 Å². The van der Waals surface area contributed by atoms with Gasteiger partial charge < -0.3 is 5.32 Å². The van der Waals surface area contributed by atoms with E-state index in [-0.39, 0.29) is 0 Å². The van der Waals surface area contributed by atoms with Crippen molar-refractivity contribution in [3.8, 4) is 0 Å². The van der Waals surface area contributed by atoms with E-state index < -0.39 is 0 Å². The Morgan fingerprint density at radius 2 is 2.11 bits per heavy atom. The molecule has 2 saturated carbocycles. The smallest absolute Gasteiger partial charge is 0.209 e. The molecule has 3 rings (SSSR count). The summed E-state index contributed by atoms with van der Waals surface area (Å²) >= 11 is 1.85. The summed E-state index contributed by atoms with van der Waals surface area (Å²) in [6.07, 6.45) is 4.95. The predicted octanol–water partition coefficient (Wildman–Crippen LogP) is 1.88. The van der Waals surface area contributed by atoms with Crippen LogP contribution in [-0.2, 0) is 0 Å². The zero-order valence-corrected chi connectivity index (χ0v) is 12.1. The molecule has 0 bridgehead atoms. The molecule has 2 aliphatic rings. The molecule has 100 valence electrons. The minimum Gasteiger partial charge on any atom is -0.315 e. The molecule has 0 amide bonds. The van der Waals surface area contributed by atoms with Crippen LogP contribution in [0.4, 0.5) is 0 Å². The van der Waals surface area contributed by atoms with Crippen molar-refractivity contribution in [2.24, 2.45) is 5.41 Å². The maximum absolute atomic E-state index is 4.19. The van der Waals surface area contributed by atoms with Gasteiger partial charge in [-0.25, -0.2) is 4.68 Å². The van der Waals surface area contributed by atoms with Gasteiger partial charge in [0.05, 0.1) is 6.04 Å². The van der Waals surface area contributed by atoms with Crippen LogP contribution in [-0.4, -0.2) is 38.5 Å². The van der Waals surface area contributed by atoms with Gasteiger partial charge in [-0.15, -0.1) is 5.10 Å². The van der Waals surface area contributed by atoms with Crippen LogP contribution in [0, 0.1) is 5.41 Å². The van der Waals surface area contributed by atoms with Gasteiger partial charge in [-0.3, -0.25) is 0 Å². The van der Waals surface area contributed by atoms with Crippen molar-refractivity contribution in [3.05, 3.63) is 0 Å². The van der Waals surface area contributed by atoms with Crippen LogP contribution in [0.15, 0.2) is 5.16 Å². The Kier molecular flexibility index (Phi) is 3.10. The second-order valence-electron chi connectivity index (χ2n) is 6.09. The summed E-state index contributed by atoms with van der Waals surface area (Å²) in [6, 6.07) is 1.09. The lowest BCUT2D eigenvalue weighted by Gasteiger charge is -2.29. The van der Waals surface area contributed by atoms with E-state index in [1.165, 1.54) is 25.7 Å². The molecule has 2 unspecified atom stereocenters. The molecule has 1 N–H and O–H groups in total. The van der Waals surface area contributed by atoms with Gasteiger partial charge in [-0.05, 0) is 48.6 Å². The number of thioether (sulfide) groups is 1. The first-order valence-electron chi connectivity index (χ1n) is 6.73. The lowest BCUT2D eigenvalue weighted by atomic mass is 9.87. The van der Waals surface area contributed by atoms with E-state index >= 15 is 0 Å². The van der Waals surface area contributed by atoms with E-state index in [4.69, 9.17) is 0 Å². The summed E-state index contributed by atoms with van der Waals surface area (Å²) in [5.74, 6) is 0. The molecule has 0 saturated heterocycles. The van der Waals surface area contributed by atoms with Crippen LogP contribution in [0.5, 0.6) is 0 Å². The number of aromatic nitrogens is 4. The first-order valence-corrected chi connectivity index (χ1v) is 7.61. The Labute approximate surface area is 112 Å². The lowest BCUT2D eigenvalue weighted by Crippen LogP contribution is -2.41. The monoisotopic (exact) mass is 267 g/mol. The Morgan fingerprint density at radius 3 is 2.78 bits per heavy atom. The van der Waals surface area contributed by atoms with E-state index in [0.717, 1.165) is 5.16 Å². The molecule has 1 heterocycles. The number of tetrazole rings is 1. The normalized spacial score (nSPS) is 30.8. The third-order valence-electron chi connectivity index (χ3n) is 4.21. The van der Waals surface area contributed by atoms with Gasteiger partial charge in [0, 0.05) is 11.3 Å². The number of nitrogens with zero attached hydrogens (tertiary/aromatic N) is 4. The molecule has 2 fully saturated rings. The van der Waals surface area contributed by atoms with Gasteiger partial charge in [-0.1, -0.05) is 25.6 Å². The lowest BCUT2D eigenvalue weighted by molar-refractivity contribution is 0.300. The van der Waals surface area contributed by atoms with Crippen molar-refractivity contribution < 1.29 is 0 Å². The SMILES string of the molecule is CNC1C(Sc2nnnn2C2CC2)CCC1(C)C. The highest BCUT2D eigenvalue weighted by molar-refractivity contribution is 7.99. The van der Waals surface area contributed by atoms with Crippen LogP contribution < -0.4 is 5.32 Å². The number of nitrogens with one attached hydrogen (secondary N) is 1. The third-order valence-corrected chi connectivity index (χ3v) is 5.50. The number of rotatable bonds is 4. The highest BCUT2D eigenvalue weighted by atomic mass is 32.2. The minimum atomic E-state index is 0.365.